The van der Waals surface area contributed by atoms with Gasteiger partial charge in [-0.25, -0.2) is 0 Å². The summed E-state index contributed by atoms with van der Waals surface area (Å²) in [6.45, 7) is 0. The third kappa shape index (κ3) is 2.00. The Morgan fingerprint density at radius 2 is 1.94 bits per heavy atom. The molecule has 2 rings (SSSR count). The Labute approximate surface area is 102 Å². The van der Waals surface area contributed by atoms with E-state index >= 15 is 0 Å². The molecule has 0 aromatic heterocycles. The Kier molecular flexibility index (Phi) is 2.82. The van der Waals surface area contributed by atoms with Crippen LogP contribution in [0.4, 0.5) is 13.2 Å². The molecule has 1 saturated carbocycles. The highest BCUT2D eigenvalue weighted by Gasteiger charge is 2.40. The predicted molar refractivity (Wildman–Crippen MR) is 57.6 cm³/mol. The second-order valence-corrected chi connectivity index (χ2v) is 4.65. The van der Waals surface area contributed by atoms with Gasteiger partial charge in [0.2, 0.25) is 0 Å². The van der Waals surface area contributed by atoms with Gasteiger partial charge >= 0.3 is 6.18 Å². The standard InChI is InChI=1S/C12H9ClF3N/c13-10-6-8(11(7-17)4-1-5-11)2-3-9(10)12(14,15)16/h2-3,6H,1,4-5H2. The summed E-state index contributed by atoms with van der Waals surface area (Å²) in [5.74, 6) is 0. The fourth-order valence-electron chi connectivity index (χ4n) is 2.04. The van der Waals surface area contributed by atoms with Gasteiger partial charge < -0.3 is 0 Å². The average Bonchev–Trinajstić information content (AvgIpc) is 2.14. The van der Waals surface area contributed by atoms with Gasteiger partial charge in [-0.1, -0.05) is 17.7 Å². The van der Waals surface area contributed by atoms with Gasteiger partial charge in [-0.05, 0) is 37.0 Å². The molecule has 1 aliphatic carbocycles. The third-order valence-corrected chi connectivity index (χ3v) is 3.56. The molecule has 1 aromatic rings. The lowest BCUT2D eigenvalue weighted by atomic mass is 9.65. The van der Waals surface area contributed by atoms with Gasteiger partial charge in [0.1, 0.15) is 0 Å². The van der Waals surface area contributed by atoms with Crippen molar-refractivity contribution in [3.8, 4) is 6.07 Å². The van der Waals surface area contributed by atoms with Gasteiger partial charge in [0.25, 0.3) is 0 Å². The van der Waals surface area contributed by atoms with Crippen LogP contribution in [0.2, 0.25) is 5.02 Å². The molecule has 17 heavy (non-hydrogen) atoms. The summed E-state index contributed by atoms with van der Waals surface area (Å²) in [5.41, 5.74) is -0.895. The first-order valence-corrected chi connectivity index (χ1v) is 5.55. The van der Waals surface area contributed by atoms with Gasteiger partial charge in [0, 0.05) is 0 Å². The molecule has 0 heterocycles. The van der Waals surface area contributed by atoms with Crippen LogP contribution in [-0.2, 0) is 11.6 Å². The van der Waals surface area contributed by atoms with Crippen LogP contribution in [0.3, 0.4) is 0 Å². The number of halogens is 4. The molecule has 5 heteroatoms. The largest absolute Gasteiger partial charge is 0.417 e. The fraction of sp³-hybridized carbons (Fsp3) is 0.417. The van der Waals surface area contributed by atoms with Crippen LogP contribution in [0, 0.1) is 11.3 Å². The molecule has 90 valence electrons. The van der Waals surface area contributed by atoms with E-state index in [9.17, 15) is 13.2 Å². The first-order chi connectivity index (χ1) is 7.89. The molecule has 0 amide bonds. The topological polar surface area (TPSA) is 23.8 Å². The van der Waals surface area contributed by atoms with Crippen LogP contribution in [-0.4, -0.2) is 0 Å². The Morgan fingerprint density at radius 1 is 1.29 bits per heavy atom. The van der Waals surface area contributed by atoms with Gasteiger partial charge in [-0.2, -0.15) is 18.4 Å². The van der Waals surface area contributed by atoms with Crippen molar-refractivity contribution in [1.82, 2.24) is 0 Å². The van der Waals surface area contributed by atoms with Gasteiger partial charge in [-0.3, -0.25) is 0 Å². The summed E-state index contributed by atoms with van der Waals surface area (Å²) in [4.78, 5) is 0. The lowest BCUT2D eigenvalue weighted by Crippen LogP contribution is -2.32. The van der Waals surface area contributed by atoms with Crippen molar-refractivity contribution in [2.75, 3.05) is 0 Å². The monoisotopic (exact) mass is 259 g/mol. The Balaban J connectivity index is 2.42. The van der Waals surface area contributed by atoms with Crippen LogP contribution in [0.15, 0.2) is 18.2 Å². The maximum Gasteiger partial charge on any atom is 0.417 e. The summed E-state index contributed by atoms with van der Waals surface area (Å²) < 4.78 is 37.5. The number of rotatable bonds is 1. The smallest absolute Gasteiger partial charge is 0.197 e. The normalized spacial score (nSPS) is 18.3. The average molecular weight is 260 g/mol. The number of nitriles is 1. The summed E-state index contributed by atoms with van der Waals surface area (Å²) in [6.07, 6.45) is -2.16. The Hall–Kier alpha value is -1.21. The predicted octanol–water partition coefficient (Wildman–Crippen LogP) is 4.30. The number of hydrogen-bond donors (Lipinski definition) is 0. The van der Waals surface area contributed by atoms with E-state index in [-0.39, 0.29) is 5.02 Å². The zero-order valence-corrected chi connectivity index (χ0v) is 9.57. The zero-order chi connectivity index (χ0) is 12.7. The van der Waals surface area contributed by atoms with Crippen molar-refractivity contribution < 1.29 is 13.2 Å². The van der Waals surface area contributed by atoms with E-state index in [1.54, 1.807) is 0 Å². The van der Waals surface area contributed by atoms with E-state index in [4.69, 9.17) is 16.9 Å². The number of nitrogens with zero attached hydrogens (tertiary/aromatic N) is 1. The second-order valence-electron chi connectivity index (χ2n) is 4.24. The lowest BCUT2D eigenvalue weighted by molar-refractivity contribution is -0.137. The fourth-order valence-corrected chi connectivity index (χ4v) is 2.33. The van der Waals surface area contributed by atoms with E-state index in [2.05, 4.69) is 6.07 Å². The van der Waals surface area contributed by atoms with E-state index in [1.165, 1.54) is 12.1 Å². The van der Waals surface area contributed by atoms with Crippen molar-refractivity contribution in [2.24, 2.45) is 0 Å². The Morgan fingerprint density at radius 3 is 2.29 bits per heavy atom. The highest BCUT2D eigenvalue weighted by atomic mass is 35.5. The Bertz CT molecular complexity index is 484. The molecule has 0 spiro atoms. The van der Waals surface area contributed by atoms with Crippen LogP contribution >= 0.6 is 11.6 Å². The quantitative estimate of drug-likeness (QED) is 0.737. The summed E-state index contributed by atoms with van der Waals surface area (Å²) in [7, 11) is 0. The maximum absolute atomic E-state index is 12.5. The number of alkyl halides is 3. The minimum absolute atomic E-state index is 0.337. The van der Waals surface area contributed by atoms with Crippen molar-refractivity contribution in [3.63, 3.8) is 0 Å². The second kappa shape index (κ2) is 3.92. The molecule has 0 radical (unpaired) electrons. The molecule has 0 saturated heterocycles. The summed E-state index contributed by atoms with van der Waals surface area (Å²) in [6, 6.07) is 5.76. The van der Waals surface area contributed by atoms with Crippen molar-refractivity contribution >= 4 is 11.6 Å². The highest BCUT2D eigenvalue weighted by Crippen LogP contribution is 2.45. The van der Waals surface area contributed by atoms with Gasteiger partial charge in [0.15, 0.2) is 0 Å². The van der Waals surface area contributed by atoms with Crippen LogP contribution in [0.1, 0.15) is 30.4 Å². The minimum Gasteiger partial charge on any atom is -0.197 e. The van der Waals surface area contributed by atoms with Crippen LogP contribution in [0.5, 0.6) is 0 Å². The van der Waals surface area contributed by atoms with Gasteiger partial charge in [-0.15, -0.1) is 0 Å². The first kappa shape index (κ1) is 12.3. The summed E-state index contributed by atoms with van der Waals surface area (Å²) >= 11 is 5.63. The molecule has 1 aliphatic rings. The molecular weight excluding hydrogens is 251 g/mol. The van der Waals surface area contributed by atoms with Crippen molar-refractivity contribution in [1.29, 1.82) is 5.26 Å². The highest BCUT2D eigenvalue weighted by molar-refractivity contribution is 6.31. The lowest BCUT2D eigenvalue weighted by Gasteiger charge is -2.35. The van der Waals surface area contributed by atoms with Crippen LogP contribution in [0.25, 0.3) is 0 Å². The molecule has 0 aliphatic heterocycles. The van der Waals surface area contributed by atoms with Crippen LogP contribution < -0.4 is 0 Å². The first-order valence-electron chi connectivity index (χ1n) is 5.17. The maximum atomic E-state index is 12.5. The molecule has 0 unspecified atom stereocenters. The molecule has 1 fully saturated rings. The number of benzene rings is 1. The van der Waals surface area contributed by atoms with E-state index in [0.29, 0.717) is 18.4 Å². The van der Waals surface area contributed by atoms with E-state index in [1.807, 2.05) is 0 Å². The molecule has 0 atom stereocenters. The molecule has 0 N–H and O–H groups in total. The summed E-state index contributed by atoms with van der Waals surface area (Å²) in [5, 5.41) is 8.76. The van der Waals surface area contributed by atoms with Gasteiger partial charge in [0.05, 0.1) is 22.1 Å². The van der Waals surface area contributed by atoms with Crippen molar-refractivity contribution in [3.05, 3.63) is 34.3 Å². The van der Waals surface area contributed by atoms with E-state index in [0.717, 1.165) is 12.5 Å². The van der Waals surface area contributed by atoms with E-state index < -0.39 is 17.2 Å². The SMILES string of the molecule is N#CC1(c2ccc(C(F)(F)F)c(Cl)c2)CCC1. The van der Waals surface area contributed by atoms with Crippen molar-refractivity contribution in [2.45, 2.75) is 30.9 Å². The molecule has 1 aromatic carbocycles. The third-order valence-electron chi connectivity index (χ3n) is 3.25. The molecule has 1 nitrogen and oxygen atoms in total. The molecular formula is C12H9ClF3N. The minimum atomic E-state index is -4.45. The number of hydrogen-bond acceptors (Lipinski definition) is 1. The zero-order valence-electron chi connectivity index (χ0n) is 8.81. The molecule has 0 bridgehead atoms.